The smallest absolute Gasteiger partial charge is 0.289 e. The third kappa shape index (κ3) is 1.64. The highest BCUT2D eigenvalue weighted by atomic mass is 16.2. The molecule has 1 saturated heterocycles. The number of carbonyl (C=O) groups is 3. The first-order valence-corrected chi connectivity index (χ1v) is 4.56. The Bertz CT molecular complexity index is 441. The topological polar surface area (TPSA) is 108 Å². The minimum atomic E-state index is -0.810. The van der Waals surface area contributed by atoms with Gasteiger partial charge in [0.05, 0.1) is 6.42 Å². The summed E-state index contributed by atoms with van der Waals surface area (Å²) in [4.78, 5) is 38.8. The van der Waals surface area contributed by atoms with Crippen molar-refractivity contribution in [2.45, 2.75) is 12.5 Å². The van der Waals surface area contributed by atoms with Crippen LogP contribution in [-0.4, -0.2) is 50.9 Å². The molecule has 1 atom stereocenters. The van der Waals surface area contributed by atoms with Crippen LogP contribution in [0.5, 0.6) is 0 Å². The number of nitrogens with zero attached hydrogens (tertiary/aromatic N) is 3. The van der Waals surface area contributed by atoms with Crippen LogP contribution < -0.4 is 5.32 Å². The zero-order chi connectivity index (χ0) is 11.7. The molecule has 0 radical (unpaired) electrons. The van der Waals surface area contributed by atoms with Crippen LogP contribution in [0.3, 0.4) is 0 Å². The quantitative estimate of drug-likeness (QED) is 0.580. The fourth-order valence-electron chi connectivity index (χ4n) is 1.41. The van der Waals surface area contributed by atoms with Crippen molar-refractivity contribution in [2.75, 3.05) is 7.05 Å². The molecule has 1 aromatic heterocycles. The van der Waals surface area contributed by atoms with E-state index < -0.39 is 17.9 Å². The fraction of sp³-hybridized carbons (Fsp3) is 0.375. The lowest BCUT2D eigenvalue weighted by molar-refractivity contribution is -0.137. The lowest BCUT2D eigenvalue weighted by Gasteiger charge is -2.09. The summed E-state index contributed by atoms with van der Waals surface area (Å²) < 4.78 is 0. The van der Waals surface area contributed by atoms with E-state index in [0.29, 0.717) is 0 Å². The van der Waals surface area contributed by atoms with Crippen LogP contribution in [0.15, 0.2) is 6.33 Å². The number of aromatic nitrogens is 3. The molecule has 1 aliphatic heterocycles. The van der Waals surface area contributed by atoms with Crippen molar-refractivity contribution >= 4 is 17.7 Å². The Kier molecular flexibility index (Phi) is 2.39. The summed E-state index contributed by atoms with van der Waals surface area (Å²) in [6.45, 7) is 0. The van der Waals surface area contributed by atoms with Crippen molar-refractivity contribution < 1.29 is 14.4 Å². The van der Waals surface area contributed by atoms with E-state index in [-0.39, 0.29) is 18.2 Å². The maximum Gasteiger partial charge on any atom is 0.289 e. The summed E-state index contributed by atoms with van der Waals surface area (Å²) in [6, 6.07) is -0.810. The number of hydrogen-bond donors (Lipinski definition) is 2. The predicted octanol–water partition coefficient (Wildman–Crippen LogP) is -1.71. The van der Waals surface area contributed by atoms with Crippen molar-refractivity contribution in [1.29, 1.82) is 0 Å². The standard InChI is InChI=1S/C8H9N5O3/c1-13-5(14)2-4(8(13)16)11-7(15)6-9-3-10-12-6/h3-4H,2H2,1H3,(H,11,15)(H,9,10,12). The Morgan fingerprint density at radius 3 is 2.88 bits per heavy atom. The molecule has 2 heterocycles. The van der Waals surface area contributed by atoms with Gasteiger partial charge in [-0.25, -0.2) is 4.98 Å². The first-order chi connectivity index (χ1) is 7.59. The number of hydrogen-bond acceptors (Lipinski definition) is 5. The van der Waals surface area contributed by atoms with Gasteiger partial charge in [0.15, 0.2) is 0 Å². The summed E-state index contributed by atoms with van der Waals surface area (Å²) in [5.74, 6) is -1.28. The minimum absolute atomic E-state index is 0.00908. The molecule has 16 heavy (non-hydrogen) atoms. The minimum Gasteiger partial charge on any atom is -0.337 e. The van der Waals surface area contributed by atoms with Gasteiger partial charge in [0.2, 0.25) is 11.7 Å². The Morgan fingerprint density at radius 1 is 1.62 bits per heavy atom. The average Bonchev–Trinajstić information content (AvgIpc) is 2.85. The summed E-state index contributed by atoms with van der Waals surface area (Å²) in [5, 5.41) is 8.28. The van der Waals surface area contributed by atoms with E-state index in [2.05, 4.69) is 20.5 Å². The first-order valence-electron chi connectivity index (χ1n) is 4.56. The molecular formula is C8H9N5O3. The Balaban J connectivity index is 2.04. The Morgan fingerprint density at radius 2 is 2.38 bits per heavy atom. The summed E-state index contributed by atoms with van der Waals surface area (Å²) in [6.07, 6.45) is 1.16. The Labute approximate surface area is 90.0 Å². The van der Waals surface area contributed by atoms with Crippen molar-refractivity contribution in [3.8, 4) is 0 Å². The van der Waals surface area contributed by atoms with Gasteiger partial charge in [-0.1, -0.05) is 0 Å². The summed E-state index contributed by atoms with van der Waals surface area (Å²) in [7, 11) is 1.38. The predicted molar refractivity (Wildman–Crippen MR) is 50.0 cm³/mol. The fourth-order valence-corrected chi connectivity index (χ4v) is 1.41. The van der Waals surface area contributed by atoms with Crippen LogP contribution in [0.4, 0.5) is 0 Å². The van der Waals surface area contributed by atoms with Crippen molar-refractivity contribution in [3.05, 3.63) is 12.2 Å². The number of aromatic amines is 1. The van der Waals surface area contributed by atoms with Gasteiger partial charge in [0.25, 0.3) is 11.8 Å². The number of imide groups is 1. The molecule has 0 bridgehead atoms. The maximum absolute atomic E-state index is 11.5. The number of rotatable bonds is 2. The molecule has 0 spiro atoms. The van der Waals surface area contributed by atoms with Crippen LogP contribution >= 0.6 is 0 Å². The molecule has 2 rings (SSSR count). The first kappa shape index (κ1) is 10.3. The molecule has 1 fully saturated rings. The van der Waals surface area contributed by atoms with Gasteiger partial charge >= 0.3 is 0 Å². The highest BCUT2D eigenvalue weighted by Gasteiger charge is 2.37. The van der Waals surface area contributed by atoms with Crippen LogP contribution in [0.1, 0.15) is 17.0 Å². The molecule has 84 valence electrons. The van der Waals surface area contributed by atoms with E-state index in [1.807, 2.05) is 0 Å². The number of likely N-dealkylation sites (tertiary alicyclic amines) is 1. The lowest BCUT2D eigenvalue weighted by atomic mass is 10.2. The summed E-state index contributed by atoms with van der Waals surface area (Å²) in [5.41, 5.74) is 0. The van der Waals surface area contributed by atoms with Crippen molar-refractivity contribution in [1.82, 2.24) is 25.4 Å². The second kappa shape index (κ2) is 3.72. The molecule has 1 aliphatic rings. The van der Waals surface area contributed by atoms with Crippen LogP contribution in [0.25, 0.3) is 0 Å². The number of H-pyrrole nitrogens is 1. The molecule has 8 nitrogen and oxygen atoms in total. The largest absolute Gasteiger partial charge is 0.337 e. The average molecular weight is 223 g/mol. The third-order valence-corrected chi connectivity index (χ3v) is 2.32. The highest BCUT2D eigenvalue weighted by Crippen LogP contribution is 2.10. The zero-order valence-electron chi connectivity index (χ0n) is 8.43. The van der Waals surface area contributed by atoms with Gasteiger partial charge in [-0.3, -0.25) is 24.4 Å². The molecule has 0 saturated carbocycles. The maximum atomic E-state index is 11.5. The molecule has 1 unspecified atom stereocenters. The second-order valence-corrected chi connectivity index (χ2v) is 3.36. The monoisotopic (exact) mass is 223 g/mol. The van der Waals surface area contributed by atoms with Gasteiger partial charge in [-0.2, -0.15) is 5.10 Å². The molecule has 3 amide bonds. The van der Waals surface area contributed by atoms with Crippen molar-refractivity contribution in [3.63, 3.8) is 0 Å². The molecule has 1 aromatic rings. The molecule has 0 aliphatic carbocycles. The van der Waals surface area contributed by atoms with E-state index in [0.717, 1.165) is 4.90 Å². The zero-order valence-corrected chi connectivity index (χ0v) is 8.43. The van der Waals surface area contributed by atoms with Crippen LogP contribution in [0, 0.1) is 0 Å². The van der Waals surface area contributed by atoms with Crippen molar-refractivity contribution in [2.24, 2.45) is 0 Å². The molecule has 0 aromatic carbocycles. The second-order valence-electron chi connectivity index (χ2n) is 3.36. The van der Waals surface area contributed by atoms with Gasteiger partial charge in [-0.05, 0) is 0 Å². The Hall–Kier alpha value is -2.25. The molecule has 2 N–H and O–H groups in total. The summed E-state index contributed by atoms with van der Waals surface area (Å²) >= 11 is 0. The van der Waals surface area contributed by atoms with Gasteiger partial charge in [-0.15, -0.1) is 0 Å². The third-order valence-electron chi connectivity index (χ3n) is 2.32. The number of carbonyl (C=O) groups excluding carboxylic acids is 3. The molecule has 8 heteroatoms. The normalized spacial score (nSPS) is 20.3. The van der Waals surface area contributed by atoms with Crippen LogP contribution in [-0.2, 0) is 9.59 Å². The van der Waals surface area contributed by atoms with E-state index in [9.17, 15) is 14.4 Å². The molecular weight excluding hydrogens is 214 g/mol. The highest BCUT2D eigenvalue weighted by molar-refractivity contribution is 6.07. The van der Waals surface area contributed by atoms with E-state index in [4.69, 9.17) is 0 Å². The van der Waals surface area contributed by atoms with Gasteiger partial charge in [0.1, 0.15) is 12.4 Å². The van der Waals surface area contributed by atoms with E-state index in [1.54, 1.807) is 0 Å². The number of likely N-dealkylation sites (N-methyl/N-ethyl adjacent to an activating group) is 1. The number of nitrogens with one attached hydrogen (secondary N) is 2. The van der Waals surface area contributed by atoms with Gasteiger partial charge in [0, 0.05) is 7.05 Å². The van der Waals surface area contributed by atoms with E-state index in [1.165, 1.54) is 13.4 Å². The van der Waals surface area contributed by atoms with Crippen LogP contribution in [0.2, 0.25) is 0 Å². The number of amides is 3. The SMILES string of the molecule is CN1C(=O)CC(NC(=O)c2ncn[nH]2)C1=O. The van der Waals surface area contributed by atoms with Gasteiger partial charge < -0.3 is 5.32 Å². The lowest BCUT2D eigenvalue weighted by Crippen LogP contribution is -2.41. The van der Waals surface area contributed by atoms with E-state index >= 15 is 0 Å².